The summed E-state index contributed by atoms with van der Waals surface area (Å²) in [5, 5.41) is 0.122. The van der Waals surface area contributed by atoms with Crippen LogP contribution in [-0.4, -0.2) is 25.4 Å². The zero-order valence-electron chi connectivity index (χ0n) is 10.7. The van der Waals surface area contributed by atoms with Gasteiger partial charge in [-0.05, 0) is 12.8 Å². The van der Waals surface area contributed by atoms with Crippen LogP contribution in [-0.2, 0) is 18.1 Å². The molecule has 0 spiro atoms. The van der Waals surface area contributed by atoms with Gasteiger partial charge in [0.2, 0.25) is 0 Å². The van der Waals surface area contributed by atoms with Gasteiger partial charge in [0.05, 0.1) is 6.04 Å². The zero-order chi connectivity index (χ0) is 13.6. The summed E-state index contributed by atoms with van der Waals surface area (Å²) in [7, 11) is -1.16. The van der Waals surface area contributed by atoms with Crippen LogP contribution in [0.25, 0.3) is 0 Å². The fraction of sp³-hybridized carbons (Fsp3) is 0.727. The summed E-state index contributed by atoms with van der Waals surface area (Å²) in [6.45, 7) is 3.58. The molecule has 18 heavy (non-hydrogen) atoms. The Morgan fingerprint density at radius 3 is 2.33 bits per heavy atom. The topological polar surface area (TPSA) is 57.1 Å². The van der Waals surface area contributed by atoms with Crippen molar-refractivity contribution in [1.82, 2.24) is 0 Å². The van der Waals surface area contributed by atoms with Crippen molar-refractivity contribution < 1.29 is 18.1 Å². The number of hydrogen-bond donors (Lipinski definition) is 0. The SMILES string of the molecule is C=C(OP(=O)(OC)OC)C(Cl)=NC1CCCCC1. The second-order valence-electron chi connectivity index (χ2n) is 4.04. The van der Waals surface area contributed by atoms with E-state index in [-0.39, 0.29) is 17.0 Å². The van der Waals surface area contributed by atoms with Gasteiger partial charge >= 0.3 is 7.82 Å². The molecule has 0 aliphatic heterocycles. The fourth-order valence-electron chi connectivity index (χ4n) is 1.76. The second kappa shape index (κ2) is 7.29. The zero-order valence-corrected chi connectivity index (χ0v) is 12.4. The molecule has 1 saturated carbocycles. The standard InChI is InChI=1S/C11H19ClNO4P/c1-9(17-18(14,15-2)16-3)11(12)13-10-7-5-4-6-8-10/h10H,1,4-8H2,2-3H3. The van der Waals surface area contributed by atoms with Gasteiger partial charge in [0.15, 0.2) is 10.9 Å². The molecule has 0 radical (unpaired) electrons. The predicted octanol–water partition coefficient (Wildman–Crippen LogP) is 3.89. The van der Waals surface area contributed by atoms with Crippen LogP contribution in [0.15, 0.2) is 17.3 Å². The summed E-state index contributed by atoms with van der Waals surface area (Å²) in [6.07, 6.45) is 5.57. The minimum absolute atomic E-state index is 0.00859. The summed E-state index contributed by atoms with van der Waals surface area (Å²) in [6, 6.07) is 0.191. The van der Waals surface area contributed by atoms with Crippen molar-refractivity contribution >= 4 is 24.6 Å². The molecule has 1 aliphatic carbocycles. The molecule has 1 rings (SSSR count). The maximum Gasteiger partial charge on any atom is 0.529 e. The van der Waals surface area contributed by atoms with Crippen molar-refractivity contribution in [2.75, 3.05) is 14.2 Å². The molecule has 5 nitrogen and oxygen atoms in total. The van der Waals surface area contributed by atoms with E-state index < -0.39 is 7.82 Å². The van der Waals surface area contributed by atoms with Crippen LogP contribution >= 0.6 is 19.4 Å². The highest BCUT2D eigenvalue weighted by Crippen LogP contribution is 2.49. The first-order valence-electron chi connectivity index (χ1n) is 5.84. The van der Waals surface area contributed by atoms with Gasteiger partial charge in [-0.2, -0.15) is 0 Å². The van der Waals surface area contributed by atoms with E-state index in [9.17, 15) is 4.57 Å². The Balaban J connectivity index is 2.60. The van der Waals surface area contributed by atoms with E-state index in [0.717, 1.165) is 25.7 Å². The van der Waals surface area contributed by atoms with Gasteiger partial charge in [0.1, 0.15) is 0 Å². The summed E-state index contributed by atoms with van der Waals surface area (Å²) < 4.78 is 26.0. The Kier molecular flexibility index (Phi) is 6.36. The van der Waals surface area contributed by atoms with Crippen LogP contribution in [0.4, 0.5) is 0 Å². The van der Waals surface area contributed by atoms with Crippen molar-refractivity contribution in [2.45, 2.75) is 38.1 Å². The lowest BCUT2D eigenvalue weighted by molar-refractivity contribution is 0.189. The summed E-state index contributed by atoms with van der Waals surface area (Å²) in [5.41, 5.74) is 0. The smallest absolute Gasteiger partial charge is 0.401 e. The van der Waals surface area contributed by atoms with Crippen LogP contribution in [0.2, 0.25) is 0 Å². The van der Waals surface area contributed by atoms with Gasteiger partial charge in [-0.25, -0.2) is 4.57 Å². The molecule has 0 aromatic heterocycles. The van der Waals surface area contributed by atoms with Crippen LogP contribution in [0.5, 0.6) is 0 Å². The quantitative estimate of drug-likeness (QED) is 0.424. The molecule has 1 aliphatic rings. The first-order chi connectivity index (χ1) is 8.50. The number of allylic oxidation sites excluding steroid dienone is 1. The monoisotopic (exact) mass is 295 g/mol. The average molecular weight is 296 g/mol. The van der Waals surface area contributed by atoms with Crippen LogP contribution in [0.3, 0.4) is 0 Å². The van der Waals surface area contributed by atoms with Gasteiger partial charge in [-0.1, -0.05) is 37.4 Å². The van der Waals surface area contributed by atoms with E-state index in [1.54, 1.807) is 0 Å². The molecular formula is C11H19ClNO4P. The third-order valence-electron chi connectivity index (χ3n) is 2.77. The highest BCUT2D eigenvalue weighted by molar-refractivity contribution is 7.48. The maximum absolute atomic E-state index is 11.7. The van der Waals surface area contributed by atoms with Crippen molar-refractivity contribution in [3.63, 3.8) is 0 Å². The summed E-state index contributed by atoms with van der Waals surface area (Å²) in [4.78, 5) is 4.31. The lowest BCUT2D eigenvalue weighted by Crippen LogP contribution is -2.12. The Morgan fingerprint density at radius 2 is 1.83 bits per heavy atom. The Bertz CT molecular complexity index is 358. The largest absolute Gasteiger partial charge is 0.529 e. The fourth-order valence-corrected chi connectivity index (χ4v) is 2.65. The maximum atomic E-state index is 11.7. The average Bonchev–Trinajstić information content (AvgIpc) is 2.39. The minimum Gasteiger partial charge on any atom is -0.401 e. The van der Waals surface area contributed by atoms with E-state index in [1.807, 2.05) is 0 Å². The van der Waals surface area contributed by atoms with E-state index in [1.165, 1.54) is 20.6 Å². The number of aliphatic imine (C=N–C) groups is 1. The molecule has 0 N–H and O–H groups in total. The van der Waals surface area contributed by atoms with Crippen LogP contribution in [0.1, 0.15) is 32.1 Å². The number of phosphoric ester groups is 1. The van der Waals surface area contributed by atoms with E-state index in [2.05, 4.69) is 20.6 Å². The van der Waals surface area contributed by atoms with Gasteiger partial charge in [0, 0.05) is 14.2 Å². The molecule has 0 unspecified atom stereocenters. The van der Waals surface area contributed by atoms with E-state index in [0.29, 0.717) is 0 Å². The lowest BCUT2D eigenvalue weighted by atomic mass is 9.96. The Hall–Kier alpha value is -0.350. The van der Waals surface area contributed by atoms with Crippen molar-refractivity contribution in [3.05, 3.63) is 12.3 Å². The predicted molar refractivity (Wildman–Crippen MR) is 72.0 cm³/mol. The normalized spacial score (nSPS) is 18.7. The molecule has 0 saturated heterocycles. The molecule has 0 heterocycles. The van der Waals surface area contributed by atoms with Gasteiger partial charge < -0.3 is 4.52 Å². The number of rotatable bonds is 6. The molecule has 0 amide bonds. The summed E-state index contributed by atoms with van der Waals surface area (Å²) in [5.74, 6) is 0.00859. The third kappa shape index (κ3) is 4.73. The molecule has 7 heteroatoms. The Morgan fingerprint density at radius 1 is 1.28 bits per heavy atom. The van der Waals surface area contributed by atoms with Crippen molar-refractivity contribution in [2.24, 2.45) is 4.99 Å². The molecule has 0 atom stereocenters. The van der Waals surface area contributed by atoms with Gasteiger partial charge in [-0.15, -0.1) is 0 Å². The molecule has 0 bridgehead atoms. The first kappa shape index (κ1) is 15.7. The molecule has 0 aromatic carbocycles. The van der Waals surface area contributed by atoms with Gasteiger partial charge in [-0.3, -0.25) is 14.0 Å². The van der Waals surface area contributed by atoms with E-state index in [4.69, 9.17) is 16.1 Å². The highest BCUT2D eigenvalue weighted by Gasteiger charge is 2.27. The van der Waals surface area contributed by atoms with Gasteiger partial charge in [0.25, 0.3) is 0 Å². The van der Waals surface area contributed by atoms with Crippen LogP contribution < -0.4 is 0 Å². The molecular weight excluding hydrogens is 277 g/mol. The first-order valence-corrected chi connectivity index (χ1v) is 7.68. The molecule has 1 fully saturated rings. The number of halogens is 1. The lowest BCUT2D eigenvalue weighted by Gasteiger charge is -2.19. The number of phosphoric acid groups is 1. The third-order valence-corrected chi connectivity index (χ3v) is 4.42. The second-order valence-corrected chi connectivity index (χ2v) is 6.20. The number of nitrogens with zero attached hydrogens (tertiary/aromatic N) is 1. The minimum atomic E-state index is -3.61. The summed E-state index contributed by atoms with van der Waals surface area (Å²) >= 11 is 5.98. The van der Waals surface area contributed by atoms with Crippen molar-refractivity contribution in [1.29, 1.82) is 0 Å². The van der Waals surface area contributed by atoms with E-state index >= 15 is 0 Å². The molecule has 104 valence electrons. The number of hydrogen-bond acceptors (Lipinski definition) is 5. The van der Waals surface area contributed by atoms with Crippen molar-refractivity contribution in [3.8, 4) is 0 Å². The molecule has 0 aromatic rings. The van der Waals surface area contributed by atoms with Crippen LogP contribution in [0, 0.1) is 0 Å². The Labute approximate surface area is 113 Å². The highest BCUT2D eigenvalue weighted by atomic mass is 35.5.